The predicted octanol–water partition coefficient (Wildman–Crippen LogP) is 3.02. The van der Waals surface area contributed by atoms with E-state index in [1.54, 1.807) is 36.8 Å². The Balaban J connectivity index is 1.89. The van der Waals surface area contributed by atoms with Crippen LogP contribution in [-0.2, 0) is 0 Å². The van der Waals surface area contributed by atoms with E-state index in [2.05, 4.69) is 20.3 Å². The zero-order valence-electron chi connectivity index (χ0n) is 12.6. The summed E-state index contributed by atoms with van der Waals surface area (Å²) in [5.74, 6) is 0.206. The van der Waals surface area contributed by atoms with E-state index < -0.39 is 5.91 Å². The van der Waals surface area contributed by atoms with Gasteiger partial charge in [0, 0.05) is 46.0 Å². The zero-order valence-corrected chi connectivity index (χ0v) is 12.6. The highest BCUT2D eigenvalue weighted by Crippen LogP contribution is 2.30. The van der Waals surface area contributed by atoms with Crippen LogP contribution in [0.1, 0.15) is 10.4 Å². The van der Waals surface area contributed by atoms with Gasteiger partial charge in [-0.05, 0) is 30.3 Å². The third kappa shape index (κ3) is 2.40. The minimum absolute atomic E-state index is 0.438. The third-order valence-corrected chi connectivity index (χ3v) is 3.81. The van der Waals surface area contributed by atoms with Crippen LogP contribution >= 0.6 is 0 Å². The summed E-state index contributed by atoms with van der Waals surface area (Å²) in [7, 11) is 0. The molecule has 0 aliphatic rings. The first-order valence-electron chi connectivity index (χ1n) is 7.37. The topological polar surface area (TPSA) is 93.8 Å². The van der Waals surface area contributed by atoms with Gasteiger partial charge in [-0.3, -0.25) is 14.8 Å². The van der Waals surface area contributed by atoms with Crippen molar-refractivity contribution in [2.75, 3.05) is 5.32 Å². The van der Waals surface area contributed by atoms with Gasteiger partial charge in [0.25, 0.3) is 0 Å². The average molecular weight is 315 g/mol. The molecule has 0 unspecified atom stereocenters. The first kappa shape index (κ1) is 14.1. The van der Waals surface area contributed by atoms with E-state index in [1.165, 1.54) is 0 Å². The third-order valence-electron chi connectivity index (χ3n) is 3.81. The van der Waals surface area contributed by atoms with Gasteiger partial charge in [0.2, 0.25) is 5.91 Å². The largest absolute Gasteiger partial charge is 0.366 e. The summed E-state index contributed by atoms with van der Waals surface area (Å²) in [4.78, 5) is 24.4. The fourth-order valence-electron chi connectivity index (χ4n) is 2.68. The van der Waals surface area contributed by atoms with Crippen molar-refractivity contribution in [1.29, 1.82) is 0 Å². The van der Waals surface area contributed by atoms with E-state index in [9.17, 15) is 4.79 Å². The summed E-state index contributed by atoms with van der Waals surface area (Å²) in [5, 5.41) is 6.17. The standard InChI is InChI=1S/C18H13N5O/c19-17(24)11-2-1-3-12(8-11)22-18-14-5-7-20-9-15(14)13-4-6-21-10-16(13)23-18/h1-10H,(H2,19,24)(H,22,23). The number of nitrogens with two attached hydrogens (primary N) is 1. The number of pyridine rings is 3. The Morgan fingerprint density at radius 3 is 2.58 bits per heavy atom. The molecule has 0 radical (unpaired) electrons. The van der Waals surface area contributed by atoms with E-state index in [0.717, 1.165) is 27.4 Å². The first-order chi connectivity index (χ1) is 11.7. The average Bonchev–Trinajstić information content (AvgIpc) is 2.62. The lowest BCUT2D eigenvalue weighted by molar-refractivity contribution is 0.100. The van der Waals surface area contributed by atoms with Crippen LogP contribution in [0.4, 0.5) is 11.5 Å². The molecule has 0 aliphatic carbocycles. The summed E-state index contributed by atoms with van der Waals surface area (Å²) in [5.41, 5.74) is 7.29. The Kier molecular flexibility index (Phi) is 3.28. The highest BCUT2D eigenvalue weighted by molar-refractivity contribution is 6.09. The van der Waals surface area contributed by atoms with Gasteiger partial charge in [-0.15, -0.1) is 0 Å². The molecule has 4 aromatic rings. The Morgan fingerprint density at radius 2 is 1.75 bits per heavy atom. The smallest absolute Gasteiger partial charge is 0.248 e. The van der Waals surface area contributed by atoms with Crippen molar-refractivity contribution in [2.24, 2.45) is 5.73 Å². The molecule has 3 N–H and O–H groups in total. The number of primary amides is 1. The van der Waals surface area contributed by atoms with Crippen LogP contribution in [0.25, 0.3) is 21.7 Å². The maximum atomic E-state index is 11.4. The number of carbonyl (C=O) groups excluding carboxylic acids is 1. The minimum atomic E-state index is -0.469. The zero-order chi connectivity index (χ0) is 16.5. The van der Waals surface area contributed by atoms with E-state index in [0.29, 0.717) is 11.4 Å². The molecule has 4 rings (SSSR count). The molecule has 3 aromatic heterocycles. The normalized spacial score (nSPS) is 10.8. The number of rotatable bonds is 3. The summed E-state index contributed by atoms with van der Waals surface area (Å²) in [6.45, 7) is 0. The van der Waals surface area contributed by atoms with Crippen molar-refractivity contribution in [3.63, 3.8) is 0 Å². The van der Waals surface area contributed by atoms with E-state index in [1.807, 2.05) is 24.4 Å². The van der Waals surface area contributed by atoms with Crippen LogP contribution in [-0.4, -0.2) is 20.9 Å². The van der Waals surface area contributed by atoms with Crippen molar-refractivity contribution < 1.29 is 4.79 Å². The molecule has 3 heterocycles. The molecule has 6 nitrogen and oxygen atoms in total. The maximum absolute atomic E-state index is 11.4. The second-order valence-corrected chi connectivity index (χ2v) is 5.34. The van der Waals surface area contributed by atoms with Gasteiger partial charge in [-0.2, -0.15) is 0 Å². The van der Waals surface area contributed by atoms with Crippen molar-refractivity contribution in [3.05, 3.63) is 66.7 Å². The lowest BCUT2D eigenvalue weighted by Gasteiger charge is -2.11. The van der Waals surface area contributed by atoms with E-state index >= 15 is 0 Å². The van der Waals surface area contributed by atoms with Gasteiger partial charge < -0.3 is 11.1 Å². The molecule has 6 heteroatoms. The summed E-state index contributed by atoms with van der Waals surface area (Å²) < 4.78 is 0. The van der Waals surface area contributed by atoms with E-state index in [-0.39, 0.29) is 0 Å². The maximum Gasteiger partial charge on any atom is 0.248 e. The number of anilines is 2. The van der Waals surface area contributed by atoms with Gasteiger partial charge in [0.1, 0.15) is 5.82 Å². The molecule has 0 spiro atoms. The highest BCUT2D eigenvalue weighted by atomic mass is 16.1. The number of nitrogens with one attached hydrogen (secondary N) is 1. The Hall–Kier alpha value is -3.54. The molecule has 1 aromatic carbocycles. The summed E-state index contributed by atoms with van der Waals surface area (Å²) in [6.07, 6.45) is 6.99. The van der Waals surface area contributed by atoms with Crippen molar-refractivity contribution in [2.45, 2.75) is 0 Å². The molecule has 1 amide bonds. The highest BCUT2D eigenvalue weighted by Gasteiger charge is 2.09. The van der Waals surface area contributed by atoms with Crippen molar-refractivity contribution in [1.82, 2.24) is 15.0 Å². The van der Waals surface area contributed by atoms with Gasteiger partial charge >= 0.3 is 0 Å². The summed E-state index contributed by atoms with van der Waals surface area (Å²) in [6, 6.07) is 10.8. The minimum Gasteiger partial charge on any atom is -0.366 e. The van der Waals surface area contributed by atoms with Crippen LogP contribution in [0.15, 0.2) is 61.2 Å². The lowest BCUT2D eigenvalue weighted by Crippen LogP contribution is -2.10. The number of carbonyl (C=O) groups is 1. The second kappa shape index (κ2) is 5.58. The number of aromatic nitrogens is 3. The molecule has 0 atom stereocenters. The number of hydrogen-bond donors (Lipinski definition) is 2. The monoisotopic (exact) mass is 315 g/mol. The second-order valence-electron chi connectivity index (χ2n) is 5.34. The van der Waals surface area contributed by atoms with Gasteiger partial charge in [0.05, 0.1) is 11.7 Å². The molecule has 0 saturated heterocycles. The predicted molar refractivity (Wildman–Crippen MR) is 93.1 cm³/mol. The van der Waals surface area contributed by atoms with Gasteiger partial charge in [-0.25, -0.2) is 4.98 Å². The molecular weight excluding hydrogens is 302 g/mol. The first-order valence-corrected chi connectivity index (χ1v) is 7.37. The molecule has 24 heavy (non-hydrogen) atoms. The van der Waals surface area contributed by atoms with Crippen LogP contribution in [0.2, 0.25) is 0 Å². The van der Waals surface area contributed by atoms with Crippen molar-refractivity contribution in [3.8, 4) is 0 Å². The summed E-state index contributed by atoms with van der Waals surface area (Å²) >= 11 is 0. The lowest BCUT2D eigenvalue weighted by atomic mass is 10.1. The molecule has 0 saturated carbocycles. The number of amides is 1. The fourth-order valence-corrected chi connectivity index (χ4v) is 2.68. The van der Waals surface area contributed by atoms with Crippen LogP contribution in [0.5, 0.6) is 0 Å². The molecule has 0 aliphatic heterocycles. The van der Waals surface area contributed by atoms with Crippen LogP contribution in [0, 0.1) is 0 Å². The quantitative estimate of drug-likeness (QED) is 0.567. The molecular formula is C18H13N5O. The molecule has 0 fully saturated rings. The van der Waals surface area contributed by atoms with Crippen LogP contribution in [0.3, 0.4) is 0 Å². The number of nitrogens with zero attached hydrogens (tertiary/aromatic N) is 3. The molecule has 116 valence electrons. The van der Waals surface area contributed by atoms with Gasteiger partial charge in [-0.1, -0.05) is 6.07 Å². The molecule has 0 bridgehead atoms. The number of hydrogen-bond acceptors (Lipinski definition) is 5. The van der Waals surface area contributed by atoms with E-state index in [4.69, 9.17) is 5.73 Å². The Labute approximate surface area is 137 Å². The fraction of sp³-hybridized carbons (Fsp3) is 0. The SMILES string of the molecule is NC(=O)c1cccc(Nc2nc3cnccc3c3cnccc23)c1. The Morgan fingerprint density at radius 1 is 0.958 bits per heavy atom. The number of benzene rings is 1. The number of fused-ring (bicyclic) bond motifs is 3. The van der Waals surface area contributed by atoms with Gasteiger partial charge in [0.15, 0.2) is 0 Å². The Bertz CT molecular complexity index is 1080. The van der Waals surface area contributed by atoms with Crippen LogP contribution < -0.4 is 11.1 Å². The van der Waals surface area contributed by atoms with Crippen molar-refractivity contribution >= 4 is 39.1 Å².